The van der Waals surface area contributed by atoms with Gasteiger partial charge in [-0.1, -0.05) is 32.1 Å². The summed E-state index contributed by atoms with van der Waals surface area (Å²) in [6, 6.07) is 5.34. The van der Waals surface area contributed by atoms with E-state index in [-0.39, 0.29) is 11.9 Å². The molecule has 0 bridgehead atoms. The van der Waals surface area contributed by atoms with Gasteiger partial charge >= 0.3 is 6.09 Å². The Kier molecular flexibility index (Phi) is 10.4. The molecule has 0 aromatic heterocycles. The van der Waals surface area contributed by atoms with E-state index in [0.717, 1.165) is 37.7 Å². The lowest BCUT2D eigenvalue weighted by Crippen LogP contribution is -2.41. The second kappa shape index (κ2) is 13.0. The average molecular weight is 432 g/mol. The predicted molar refractivity (Wildman–Crippen MR) is 122 cm³/mol. The van der Waals surface area contributed by atoms with E-state index in [4.69, 9.17) is 15.2 Å². The summed E-state index contributed by atoms with van der Waals surface area (Å²) in [5, 5.41) is 2.94. The maximum Gasteiger partial charge on any atom is 0.415 e. The van der Waals surface area contributed by atoms with E-state index in [1.165, 1.54) is 7.11 Å². The number of unbranched alkanes of at least 4 members (excludes halogenated alkanes) is 2. The molecule has 0 saturated carbocycles. The fourth-order valence-electron chi connectivity index (χ4n) is 3.59. The lowest BCUT2D eigenvalue weighted by Gasteiger charge is -2.23. The molecule has 7 heteroatoms. The van der Waals surface area contributed by atoms with Crippen molar-refractivity contribution < 1.29 is 19.1 Å². The number of hydrogen-bond acceptors (Lipinski definition) is 5. The molecule has 31 heavy (non-hydrogen) atoms. The van der Waals surface area contributed by atoms with Crippen molar-refractivity contribution in [2.75, 3.05) is 20.2 Å². The van der Waals surface area contributed by atoms with Crippen LogP contribution in [0.1, 0.15) is 57.9 Å². The van der Waals surface area contributed by atoms with Crippen LogP contribution in [0.3, 0.4) is 0 Å². The Labute approximate surface area is 186 Å². The summed E-state index contributed by atoms with van der Waals surface area (Å²) in [4.78, 5) is 26.2. The van der Waals surface area contributed by atoms with Crippen molar-refractivity contribution in [1.29, 1.82) is 0 Å². The Bertz CT molecular complexity index is 748. The Hall–Kier alpha value is -2.54. The summed E-state index contributed by atoms with van der Waals surface area (Å²) in [5.74, 6) is 1.42. The van der Waals surface area contributed by atoms with E-state index in [9.17, 15) is 9.59 Å². The summed E-state index contributed by atoms with van der Waals surface area (Å²) in [6.07, 6.45) is 9.19. The van der Waals surface area contributed by atoms with Crippen molar-refractivity contribution in [1.82, 2.24) is 10.2 Å². The van der Waals surface area contributed by atoms with Gasteiger partial charge in [0.05, 0.1) is 7.11 Å². The number of hydrogen-bond donors (Lipinski definition) is 2. The molecule has 2 amide bonds. The Morgan fingerprint density at radius 3 is 2.81 bits per heavy atom. The maximum atomic E-state index is 12.5. The minimum Gasteiger partial charge on any atom is -0.493 e. The SMILES string of the molecule is COc1cc(CNC(=O)CCCCC=CC(C)C)ccc1OC(=O)N1CCCC1CN. The van der Waals surface area contributed by atoms with E-state index in [1.54, 1.807) is 17.0 Å². The molecule has 1 saturated heterocycles. The van der Waals surface area contributed by atoms with Crippen LogP contribution >= 0.6 is 0 Å². The van der Waals surface area contributed by atoms with Crippen LogP contribution in [0.25, 0.3) is 0 Å². The van der Waals surface area contributed by atoms with Crippen LogP contribution < -0.4 is 20.5 Å². The first kappa shape index (κ1) is 24.7. The monoisotopic (exact) mass is 431 g/mol. The minimum atomic E-state index is -0.407. The van der Waals surface area contributed by atoms with Crippen molar-refractivity contribution in [3.8, 4) is 11.5 Å². The summed E-state index contributed by atoms with van der Waals surface area (Å²) in [7, 11) is 1.53. The Morgan fingerprint density at radius 2 is 2.10 bits per heavy atom. The van der Waals surface area contributed by atoms with Gasteiger partial charge in [0.15, 0.2) is 11.5 Å². The highest BCUT2D eigenvalue weighted by Gasteiger charge is 2.29. The van der Waals surface area contributed by atoms with E-state index >= 15 is 0 Å². The molecule has 0 spiro atoms. The number of nitrogens with one attached hydrogen (secondary N) is 1. The normalized spacial score (nSPS) is 16.2. The van der Waals surface area contributed by atoms with Gasteiger partial charge < -0.3 is 25.4 Å². The van der Waals surface area contributed by atoms with Gasteiger partial charge in [0.2, 0.25) is 5.91 Å². The fourth-order valence-corrected chi connectivity index (χ4v) is 3.59. The molecule has 1 heterocycles. The van der Waals surface area contributed by atoms with Gasteiger partial charge in [-0.3, -0.25) is 4.79 Å². The number of likely N-dealkylation sites (tertiary alicyclic amines) is 1. The number of carbonyl (C=O) groups is 2. The van der Waals surface area contributed by atoms with Gasteiger partial charge in [0.1, 0.15) is 0 Å². The fraction of sp³-hybridized carbons (Fsp3) is 0.583. The minimum absolute atomic E-state index is 0.0270. The van der Waals surface area contributed by atoms with Crippen LogP contribution in [0.15, 0.2) is 30.4 Å². The molecular weight excluding hydrogens is 394 g/mol. The lowest BCUT2D eigenvalue weighted by molar-refractivity contribution is -0.121. The van der Waals surface area contributed by atoms with Crippen molar-refractivity contribution in [3.63, 3.8) is 0 Å². The van der Waals surface area contributed by atoms with Gasteiger partial charge in [-0.25, -0.2) is 4.79 Å². The number of allylic oxidation sites excluding steroid dienone is 2. The van der Waals surface area contributed by atoms with Crippen molar-refractivity contribution in [2.45, 2.75) is 65.0 Å². The number of nitrogens with two attached hydrogens (primary N) is 1. The second-order valence-electron chi connectivity index (χ2n) is 8.27. The molecule has 1 fully saturated rings. The zero-order chi connectivity index (χ0) is 22.6. The van der Waals surface area contributed by atoms with Crippen LogP contribution in [-0.2, 0) is 11.3 Å². The maximum absolute atomic E-state index is 12.5. The molecule has 172 valence electrons. The molecule has 1 aliphatic heterocycles. The largest absolute Gasteiger partial charge is 0.493 e. The molecule has 2 rings (SSSR count). The number of carbonyl (C=O) groups excluding carboxylic acids is 2. The Morgan fingerprint density at radius 1 is 1.29 bits per heavy atom. The van der Waals surface area contributed by atoms with Crippen LogP contribution in [-0.4, -0.2) is 43.1 Å². The van der Waals surface area contributed by atoms with Crippen LogP contribution in [0.5, 0.6) is 11.5 Å². The first-order chi connectivity index (χ1) is 14.9. The van der Waals surface area contributed by atoms with Crippen molar-refractivity contribution in [3.05, 3.63) is 35.9 Å². The summed E-state index contributed by atoms with van der Waals surface area (Å²) < 4.78 is 10.9. The molecule has 1 aliphatic rings. The highest BCUT2D eigenvalue weighted by molar-refractivity contribution is 5.76. The zero-order valence-electron chi connectivity index (χ0n) is 19.1. The number of methoxy groups -OCH3 is 1. The molecule has 1 aromatic carbocycles. The molecule has 3 N–H and O–H groups in total. The lowest BCUT2D eigenvalue weighted by atomic mass is 10.1. The van der Waals surface area contributed by atoms with Crippen LogP contribution in [0.4, 0.5) is 4.79 Å². The highest BCUT2D eigenvalue weighted by atomic mass is 16.6. The number of nitrogens with zero attached hydrogens (tertiary/aromatic N) is 1. The smallest absolute Gasteiger partial charge is 0.415 e. The first-order valence-electron chi connectivity index (χ1n) is 11.2. The quantitative estimate of drug-likeness (QED) is 0.408. The molecule has 1 atom stereocenters. The third-order valence-electron chi connectivity index (χ3n) is 5.34. The molecule has 1 unspecified atom stereocenters. The van der Waals surface area contributed by atoms with E-state index < -0.39 is 6.09 Å². The molecular formula is C24H37N3O4. The zero-order valence-corrected chi connectivity index (χ0v) is 19.1. The molecule has 0 radical (unpaired) electrons. The van der Waals surface area contributed by atoms with Crippen LogP contribution in [0, 0.1) is 5.92 Å². The van der Waals surface area contributed by atoms with E-state index in [0.29, 0.717) is 43.5 Å². The van der Waals surface area contributed by atoms with E-state index in [2.05, 4.69) is 31.3 Å². The predicted octanol–water partition coefficient (Wildman–Crippen LogP) is 4.01. The van der Waals surface area contributed by atoms with Crippen molar-refractivity contribution >= 4 is 12.0 Å². The topological polar surface area (TPSA) is 93.9 Å². The Balaban J connectivity index is 1.80. The number of benzene rings is 1. The van der Waals surface area contributed by atoms with Gasteiger partial charge in [-0.15, -0.1) is 0 Å². The first-order valence-corrected chi connectivity index (χ1v) is 11.2. The van der Waals surface area contributed by atoms with Gasteiger partial charge in [0.25, 0.3) is 0 Å². The van der Waals surface area contributed by atoms with Gasteiger partial charge in [-0.05, 0) is 55.7 Å². The molecule has 0 aliphatic carbocycles. The standard InChI is InChI=1S/C24H37N3O4/c1-18(2)9-6-4-5-7-11-23(28)26-17-19-12-13-21(22(15-19)30-3)31-24(29)27-14-8-10-20(27)16-25/h6,9,12-13,15,18,20H,4-5,7-8,10-11,14,16-17,25H2,1-3H3,(H,26,28). The van der Waals surface area contributed by atoms with E-state index in [1.807, 2.05) is 6.07 Å². The average Bonchev–Trinajstić information content (AvgIpc) is 3.24. The molecule has 7 nitrogen and oxygen atoms in total. The number of amides is 2. The second-order valence-corrected chi connectivity index (χ2v) is 8.27. The van der Waals surface area contributed by atoms with Gasteiger partial charge in [0, 0.05) is 32.1 Å². The third kappa shape index (κ3) is 8.25. The van der Waals surface area contributed by atoms with Crippen LogP contribution in [0.2, 0.25) is 0 Å². The number of rotatable bonds is 11. The number of ether oxygens (including phenoxy) is 2. The van der Waals surface area contributed by atoms with Gasteiger partial charge in [-0.2, -0.15) is 0 Å². The molecule has 1 aromatic rings. The summed E-state index contributed by atoms with van der Waals surface area (Å²) in [6.45, 7) is 5.79. The summed E-state index contributed by atoms with van der Waals surface area (Å²) in [5.41, 5.74) is 6.62. The highest BCUT2D eigenvalue weighted by Crippen LogP contribution is 2.29. The third-order valence-corrected chi connectivity index (χ3v) is 5.34. The van der Waals surface area contributed by atoms with Crippen molar-refractivity contribution in [2.24, 2.45) is 11.7 Å². The summed E-state index contributed by atoms with van der Waals surface area (Å²) >= 11 is 0.